The molecule has 1 aromatic carbocycles. The maximum absolute atomic E-state index is 11.6. The van der Waals surface area contributed by atoms with Crippen LogP contribution in [0.1, 0.15) is 25.0 Å². The van der Waals surface area contributed by atoms with Crippen LogP contribution in [-0.2, 0) is 22.6 Å². The molecule has 0 bridgehead atoms. The predicted octanol–water partition coefficient (Wildman–Crippen LogP) is 2.20. The number of carbonyl (C=O) groups is 1. The first-order chi connectivity index (χ1) is 8.03. The molecule has 0 amide bonds. The van der Waals surface area contributed by atoms with Crippen LogP contribution in [0.15, 0.2) is 24.3 Å². The Morgan fingerprint density at radius 1 is 1.29 bits per heavy atom. The van der Waals surface area contributed by atoms with Gasteiger partial charge >= 0.3 is 5.97 Å². The number of ether oxygens (including phenoxy) is 1. The third kappa shape index (κ3) is 2.50. The van der Waals surface area contributed by atoms with Gasteiger partial charge < -0.3 is 4.74 Å². The zero-order chi connectivity index (χ0) is 12.5. The van der Waals surface area contributed by atoms with Crippen LogP contribution in [0.5, 0.6) is 0 Å². The summed E-state index contributed by atoms with van der Waals surface area (Å²) in [5, 5.41) is 0. The fraction of sp³-hybridized carbons (Fsp3) is 0.500. The third-order valence-electron chi connectivity index (χ3n) is 3.26. The molecule has 0 unspecified atom stereocenters. The summed E-state index contributed by atoms with van der Waals surface area (Å²) >= 11 is 0. The molecule has 0 spiro atoms. The number of carbonyl (C=O) groups excluding carboxylic acids is 1. The van der Waals surface area contributed by atoms with Crippen molar-refractivity contribution in [1.29, 1.82) is 0 Å². The SMILES string of the molecule is COC(=O)C(C)(C)CN1Cc2ccccc2C1. The summed E-state index contributed by atoms with van der Waals surface area (Å²) in [6.07, 6.45) is 0. The van der Waals surface area contributed by atoms with Crippen molar-refractivity contribution in [1.82, 2.24) is 4.90 Å². The summed E-state index contributed by atoms with van der Waals surface area (Å²) in [6.45, 7) is 6.45. The van der Waals surface area contributed by atoms with Crippen molar-refractivity contribution in [3.8, 4) is 0 Å². The lowest BCUT2D eigenvalue weighted by Gasteiger charge is -2.27. The van der Waals surface area contributed by atoms with E-state index in [1.54, 1.807) is 0 Å². The number of fused-ring (bicyclic) bond motifs is 1. The summed E-state index contributed by atoms with van der Waals surface area (Å²) in [7, 11) is 1.45. The van der Waals surface area contributed by atoms with E-state index < -0.39 is 5.41 Å². The Hall–Kier alpha value is -1.35. The van der Waals surface area contributed by atoms with Crippen molar-refractivity contribution in [3.63, 3.8) is 0 Å². The molecule has 0 aromatic heterocycles. The third-order valence-corrected chi connectivity index (χ3v) is 3.26. The van der Waals surface area contributed by atoms with Gasteiger partial charge in [0.1, 0.15) is 0 Å². The average molecular weight is 233 g/mol. The minimum Gasteiger partial charge on any atom is -0.469 e. The van der Waals surface area contributed by atoms with Crippen LogP contribution in [0.25, 0.3) is 0 Å². The molecular weight excluding hydrogens is 214 g/mol. The molecule has 0 saturated heterocycles. The van der Waals surface area contributed by atoms with Crippen LogP contribution >= 0.6 is 0 Å². The van der Waals surface area contributed by atoms with Crippen LogP contribution in [0.4, 0.5) is 0 Å². The standard InChI is InChI=1S/C14H19NO2/c1-14(2,13(16)17-3)10-15-8-11-6-4-5-7-12(11)9-15/h4-7H,8-10H2,1-3H3. The van der Waals surface area contributed by atoms with Gasteiger partial charge in [-0.25, -0.2) is 0 Å². The number of hydrogen-bond acceptors (Lipinski definition) is 3. The lowest BCUT2D eigenvalue weighted by molar-refractivity contribution is -0.151. The molecular formula is C14H19NO2. The summed E-state index contributed by atoms with van der Waals surface area (Å²) < 4.78 is 4.84. The van der Waals surface area contributed by atoms with Gasteiger partial charge in [-0.15, -0.1) is 0 Å². The van der Waals surface area contributed by atoms with Gasteiger partial charge in [0.2, 0.25) is 0 Å². The Morgan fingerprint density at radius 3 is 2.29 bits per heavy atom. The van der Waals surface area contributed by atoms with Gasteiger partial charge in [-0.05, 0) is 25.0 Å². The zero-order valence-electron chi connectivity index (χ0n) is 10.7. The molecule has 0 fully saturated rings. The maximum atomic E-state index is 11.6. The molecule has 2 rings (SSSR count). The topological polar surface area (TPSA) is 29.5 Å². The van der Waals surface area contributed by atoms with E-state index in [0.717, 1.165) is 19.6 Å². The smallest absolute Gasteiger partial charge is 0.312 e. The maximum Gasteiger partial charge on any atom is 0.312 e. The van der Waals surface area contributed by atoms with E-state index in [1.165, 1.54) is 18.2 Å². The van der Waals surface area contributed by atoms with Gasteiger partial charge in [-0.2, -0.15) is 0 Å². The first-order valence-corrected chi connectivity index (χ1v) is 5.90. The van der Waals surface area contributed by atoms with E-state index >= 15 is 0 Å². The molecule has 92 valence electrons. The second kappa shape index (κ2) is 4.49. The van der Waals surface area contributed by atoms with Crippen LogP contribution in [-0.4, -0.2) is 24.5 Å². The number of benzene rings is 1. The highest BCUT2D eigenvalue weighted by Crippen LogP contribution is 2.27. The van der Waals surface area contributed by atoms with Crippen molar-refractivity contribution in [3.05, 3.63) is 35.4 Å². The van der Waals surface area contributed by atoms with Crippen LogP contribution < -0.4 is 0 Å². The highest BCUT2D eigenvalue weighted by molar-refractivity contribution is 5.76. The first-order valence-electron chi connectivity index (χ1n) is 5.90. The molecule has 1 aromatic rings. The molecule has 1 heterocycles. The Kier molecular flexibility index (Phi) is 3.20. The van der Waals surface area contributed by atoms with Gasteiger partial charge in [-0.3, -0.25) is 9.69 Å². The molecule has 3 nitrogen and oxygen atoms in total. The van der Waals surface area contributed by atoms with E-state index in [-0.39, 0.29) is 5.97 Å². The Labute approximate surface area is 102 Å². The second-order valence-corrected chi connectivity index (χ2v) is 5.29. The number of methoxy groups -OCH3 is 1. The highest BCUT2D eigenvalue weighted by Gasteiger charge is 2.32. The fourth-order valence-corrected chi connectivity index (χ4v) is 2.42. The van der Waals surface area contributed by atoms with Crippen molar-refractivity contribution < 1.29 is 9.53 Å². The molecule has 0 saturated carbocycles. The summed E-state index contributed by atoms with van der Waals surface area (Å²) in [5.41, 5.74) is 2.29. The largest absolute Gasteiger partial charge is 0.469 e. The highest BCUT2D eigenvalue weighted by atomic mass is 16.5. The van der Waals surface area contributed by atoms with Crippen LogP contribution in [0.3, 0.4) is 0 Å². The van der Waals surface area contributed by atoms with Gasteiger partial charge in [0.25, 0.3) is 0 Å². The predicted molar refractivity (Wildman–Crippen MR) is 66.4 cm³/mol. The number of hydrogen-bond donors (Lipinski definition) is 0. The average Bonchev–Trinajstić information content (AvgIpc) is 2.68. The van der Waals surface area contributed by atoms with E-state index in [1.807, 2.05) is 13.8 Å². The lowest BCUT2D eigenvalue weighted by atomic mass is 9.93. The zero-order valence-corrected chi connectivity index (χ0v) is 10.7. The molecule has 0 radical (unpaired) electrons. The molecule has 0 atom stereocenters. The molecule has 3 heteroatoms. The van der Waals surface area contributed by atoms with Crippen LogP contribution in [0.2, 0.25) is 0 Å². The van der Waals surface area contributed by atoms with Crippen molar-refractivity contribution in [2.75, 3.05) is 13.7 Å². The van der Waals surface area contributed by atoms with E-state index in [0.29, 0.717) is 0 Å². The number of esters is 1. The second-order valence-electron chi connectivity index (χ2n) is 5.29. The minimum absolute atomic E-state index is 0.145. The monoisotopic (exact) mass is 233 g/mol. The van der Waals surface area contributed by atoms with Gasteiger partial charge in [0.05, 0.1) is 12.5 Å². The van der Waals surface area contributed by atoms with Gasteiger partial charge in [0.15, 0.2) is 0 Å². The Balaban J connectivity index is 2.03. The lowest BCUT2D eigenvalue weighted by Crippen LogP contribution is -2.37. The van der Waals surface area contributed by atoms with Crippen molar-refractivity contribution in [2.24, 2.45) is 5.41 Å². The number of nitrogens with zero attached hydrogens (tertiary/aromatic N) is 1. The molecule has 0 N–H and O–H groups in total. The quantitative estimate of drug-likeness (QED) is 0.750. The van der Waals surface area contributed by atoms with Crippen molar-refractivity contribution >= 4 is 5.97 Å². The van der Waals surface area contributed by atoms with Crippen molar-refractivity contribution in [2.45, 2.75) is 26.9 Å². The minimum atomic E-state index is -0.448. The number of rotatable bonds is 3. The summed E-state index contributed by atoms with van der Waals surface area (Å²) in [5.74, 6) is -0.145. The summed E-state index contributed by atoms with van der Waals surface area (Å²) in [6, 6.07) is 8.43. The Morgan fingerprint density at radius 2 is 1.82 bits per heavy atom. The van der Waals surface area contributed by atoms with Gasteiger partial charge in [0, 0.05) is 19.6 Å². The van der Waals surface area contributed by atoms with E-state index in [9.17, 15) is 4.79 Å². The normalized spacial score (nSPS) is 15.7. The molecule has 0 aliphatic carbocycles. The molecule has 17 heavy (non-hydrogen) atoms. The Bertz CT molecular complexity index is 401. The van der Waals surface area contributed by atoms with Gasteiger partial charge in [-0.1, -0.05) is 24.3 Å². The molecule has 1 aliphatic rings. The van der Waals surface area contributed by atoms with E-state index in [4.69, 9.17) is 4.74 Å². The fourth-order valence-electron chi connectivity index (χ4n) is 2.42. The summed E-state index contributed by atoms with van der Waals surface area (Å²) in [4.78, 5) is 13.9. The molecule has 1 aliphatic heterocycles. The van der Waals surface area contributed by atoms with Crippen LogP contribution in [0, 0.1) is 5.41 Å². The first kappa shape index (κ1) is 12.1. The van der Waals surface area contributed by atoms with E-state index in [2.05, 4.69) is 29.2 Å².